The molecule has 0 spiro atoms. The normalized spacial score (nSPS) is 32.1. The second-order valence-electron chi connectivity index (χ2n) is 5.57. The summed E-state index contributed by atoms with van der Waals surface area (Å²) in [6.07, 6.45) is 2.71. The average molecular weight is 279 g/mol. The molecule has 0 saturated heterocycles. The van der Waals surface area contributed by atoms with E-state index >= 15 is 0 Å². The van der Waals surface area contributed by atoms with Crippen molar-refractivity contribution in [2.24, 2.45) is 17.0 Å². The molecule has 2 fully saturated rings. The van der Waals surface area contributed by atoms with Crippen LogP contribution in [0, 0.1) is 18.8 Å². The van der Waals surface area contributed by atoms with Crippen molar-refractivity contribution in [3.05, 3.63) is 29.8 Å². The molecule has 0 aromatic heterocycles. The topological polar surface area (TPSA) is 66.7 Å². The standard InChI is InChI=1S/C14H17NO3S/c1-9-2-6-12(7-3-9)19(17,18)14-11-5-4-10(8-11)13(14)15-16/h2-3,6-7,10-11,14,16H,4-5,8H2,1H3/b15-13+/t10-,11-,14+/m0/s1. The van der Waals surface area contributed by atoms with Crippen molar-refractivity contribution in [1.82, 2.24) is 0 Å². The van der Waals surface area contributed by atoms with Gasteiger partial charge in [-0.25, -0.2) is 8.42 Å². The van der Waals surface area contributed by atoms with E-state index in [9.17, 15) is 8.42 Å². The van der Waals surface area contributed by atoms with Crippen LogP contribution in [0.1, 0.15) is 24.8 Å². The summed E-state index contributed by atoms with van der Waals surface area (Å²) in [5, 5.41) is 11.8. The van der Waals surface area contributed by atoms with E-state index < -0.39 is 15.1 Å². The third-order valence-corrected chi connectivity index (χ3v) is 6.63. The first-order chi connectivity index (χ1) is 9.04. The molecule has 1 aromatic rings. The third-order valence-electron chi connectivity index (χ3n) is 4.41. The Balaban J connectivity index is 2.03. The van der Waals surface area contributed by atoms with Gasteiger partial charge in [0.25, 0.3) is 0 Å². The second kappa shape index (κ2) is 4.34. The Bertz CT molecular complexity index is 619. The van der Waals surface area contributed by atoms with Gasteiger partial charge >= 0.3 is 0 Å². The van der Waals surface area contributed by atoms with Crippen molar-refractivity contribution in [1.29, 1.82) is 0 Å². The van der Waals surface area contributed by atoms with E-state index in [4.69, 9.17) is 5.21 Å². The van der Waals surface area contributed by atoms with Gasteiger partial charge in [0.2, 0.25) is 0 Å². The fraction of sp³-hybridized carbons (Fsp3) is 0.500. The number of oxime groups is 1. The van der Waals surface area contributed by atoms with Crippen LogP contribution in [0.25, 0.3) is 0 Å². The summed E-state index contributed by atoms with van der Waals surface area (Å²) in [6, 6.07) is 6.89. The minimum absolute atomic E-state index is 0.113. The lowest BCUT2D eigenvalue weighted by Gasteiger charge is -2.22. The van der Waals surface area contributed by atoms with E-state index in [1.165, 1.54) is 0 Å². The molecule has 2 aliphatic carbocycles. The predicted molar refractivity (Wildman–Crippen MR) is 72.2 cm³/mol. The largest absolute Gasteiger partial charge is 0.411 e. The molecule has 2 aliphatic rings. The zero-order valence-corrected chi connectivity index (χ0v) is 11.6. The predicted octanol–water partition coefficient (Wildman–Crippen LogP) is 2.40. The van der Waals surface area contributed by atoms with Gasteiger partial charge in [0, 0.05) is 5.92 Å². The molecule has 1 N–H and O–H groups in total. The maximum Gasteiger partial charge on any atom is 0.187 e. The van der Waals surface area contributed by atoms with Crippen molar-refractivity contribution < 1.29 is 13.6 Å². The Morgan fingerprint density at radius 1 is 1.21 bits per heavy atom. The summed E-state index contributed by atoms with van der Waals surface area (Å²) in [7, 11) is -3.44. The van der Waals surface area contributed by atoms with E-state index in [0.29, 0.717) is 10.6 Å². The molecule has 2 saturated carbocycles. The lowest BCUT2D eigenvalue weighted by Crippen LogP contribution is -2.35. The van der Waals surface area contributed by atoms with E-state index in [2.05, 4.69) is 5.16 Å². The maximum absolute atomic E-state index is 12.7. The molecule has 0 radical (unpaired) electrons. The van der Waals surface area contributed by atoms with Crippen LogP contribution in [-0.4, -0.2) is 24.6 Å². The van der Waals surface area contributed by atoms with Crippen LogP contribution in [0.5, 0.6) is 0 Å². The van der Waals surface area contributed by atoms with E-state index in [0.717, 1.165) is 24.8 Å². The molecule has 0 unspecified atom stereocenters. The third kappa shape index (κ3) is 1.87. The summed E-state index contributed by atoms with van der Waals surface area (Å²) >= 11 is 0. The molecular weight excluding hydrogens is 262 g/mol. The van der Waals surface area contributed by atoms with Gasteiger partial charge in [-0.15, -0.1) is 0 Å². The minimum Gasteiger partial charge on any atom is -0.411 e. The quantitative estimate of drug-likeness (QED) is 0.667. The van der Waals surface area contributed by atoms with Gasteiger partial charge < -0.3 is 5.21 Å². The van der Waals surface area contributed by atoms with E-state index in [1.54, 1.807) is 24.3 Å². The smallest absolute Gasteiger partial charge is 0.187 e. The molecule has 3 atom stereocenters. The Morgan fingerprint density at radius 3 is 2.53 bits per heavy atom. The van der Waals surface area contributed by atoms with Crippen LogP contribution in [0.3, 0.4) is 0 Å². The van der Waals surface area contributed by atoms with Crippen molar-refractivity contribution in [2.45, 2.75) is 36.3 Å². The molecule has 102 valence electrons. The number of aryl methyl sites for hydroxylation is 1. The summed E-state index contributed by atoms with van der Waals surface area (Å²) in [5.41, 5.74) is 1.50. The molecule has 2 bridgehead atoms. The highest BCUT2D eigenvalue weighted by Crippen LogP contribution is 2.47. The number of hydrogen-bond donors (Lipinski definition) is 1. The fourth-order valence-electron chi connectivity index (χ4n) is 3.46. The maximum atomic E-state index is 12.7. The van der Waals surface area contributed by atoms with Crippen LogP contribution in [0.15, 0.2) is 34.3 Å². The van der Waals surface area contributed by atoms with Crippen LogP contribution < -0.4 is 0 Å². The minimum atomic E-state index is -3.44. The van der Waals surface area contributed by atoms with Gasteiger partial charge in [-0.2, -0.15) is 0 Å². The number of benzene rings is 1. The molecule has 0 amide bonds. The number of fused-ring (bicyclic) bond motifs is 2. The second-order valence-corrected chi connectivity index (χ2v) is 7.64. The van der Waals surface area contributed by atoms with Gasteiger partial charge in [-0.1, -0.05) is 22.9 Å². The van der Waals surface area contributed by atoms with Crippen LogP contribution in [0.4, 0.5) is 0 Å². The first-order valence-corrected chi connectivity index (χ1v) is 8.11. The summed E-state index contributed by atoms with van der Waals surface area (Å²) < 4.78 is 25.4. The molecule has 1 aromatic carbocycles. The highest BCUT2D eigenvalue weighted by molar-refractivity contribution is 7.92. The number of rotatable bonds is 2. The zero-order valence-electron chi connectivity index (χ0n) is 10.8. The molecule has 0 aliphatic heterocycles. The van der Waals surface area contributed by atoms with Gasteiger partial charge in [0.15, 0.2) is 9.84 Å². The number of nitrogens with zero attached hydrogens (tertiary/aromatic N) is 1. The van der Waals surface area contributed by atoms with Crippen molar-refractivity contribution in [3.63, 3.8) is 0 Å². The Hall–Kier alpha value is -1.36. The molecular formula is C14H17NO3S. The van der Waals surface area contributed by atoms with E-state index in [-0.39, 0.29) is 11.8 Å². The van der Waals surface area contributed by atoms with Crippen molar-refractivity contribution in [2.75, 3.05) is 0 Å². The summed E-state index contributed by atoms with van der Waals surface area (Å²) in [4.78, 5) is 0.330. The van der Waals surface area contributed by atoms with E-state index in [1.807, 2.05) is 6.92 Å². The lowest BCUT2D eigenvalue weighted by molar-refractivity contribution is 0.313. The molecule has 19 heavy (non-hydrogen) atoms. The molecule has 3 rings (SSSR count). The highest BCUT2D eigenvalue weighted by Gasteiger charge is 2.51. The van der Waals surface area contributed by atoms with Crippen molar-refractivity contribution in [3.8, 4) is 0 Å². The molecule has 5 heteroatoms. The van der Waals surface area contributed by atoms with Gasteiger partial charge in [-0.05, 0) is 44.2 Å². The average Bonchev–Trinajstić information content (AvgIpc) is 2.99. The summed E-state index contributed by atoms with van der Waals surface area (Å²) in [6.45, 7) is 1.93. The van der Waals surface area contributed by atoms with Crippen LogP contribution in [0.2, 0.25) is 0 Å². The first kappa shape index (κ1) is 12.7. The SMILES string of the molecule is Cc1ccc(S(=O)(=O)[C@H]2/C(=N/O)[C@H]3CC[C@H]2C3)cc1. The Kier molecular flexibility index (Phi) is 2.89. The monoisotopic (exact) mass is 279 g/mol. The van der Waals surface area contributed by atoms with Gasteiger partial charge in [0.1, 0.15) is 5.25 Å². The van der Waals surface area contributed by atoms with Crippen LogP contribution in [-0.2, 0) is 9.84 Å². The Morgan fingerprint density at radius 2 is 1.89 bits per heavy atom. The lowest BCUT2D eigenvalue weighted by atomic mass is 9.98. The van der Waals surface area contributed by atoms with Crippen LogP contribution >= 0.6 is 0 Å². The number of sulfone groups is 1. The first-order valence-electron chi connectivity index (χ1n) is 6.56. The fourth-order valence-corrected chi connectivity index (χ4v) is 5.58. The van der Waals surface area contributed by atoms with Gasteiger partial charge in [0.05, 0.1) is 10.6 Å². The summed E-state index contributed by atoms with van der Waals surface area (Å²) in [5.74, 6) is 0.266. The van der Waals surface area contributed by atoms with Gasteiger partial charge in [-0.3, -0.25) is 0 Å². The van der Waals surface area contributed by atoms with Crippen molar-refractivity contribution >= 4 is 15.5 Å². The highest BCUT2D eigenvalue weighted by atomic mass is 32.2. The molecule has 0 heterocycles. The Labute approximate surface area is 113 Å². The zero-order chi connectivity index (χ0) is 13.6. The number of hydrogen-bond acceptors (Lipinski definition) is 4. The molecule has 4 nitrogen and oxygen atoms in total.